The topological polar surface area (TPSA) is 64.3 Å². The SMILES string of the molecule is N#CC(=Cc1ccc(O)cc1)C(=O)N1CCCC1. The normalized spacial score (nSPS) is 15.5. The number of rotatable bonds is 2. The summed E-state index contributed by atoms with van der Waals surface area (Å²) in [5.74, 6) is -0.0420. The van der Waals surface area contributed by atoms with Crippen molar-refractivity contribution in [3.05, 3.63) is 35.4 Å². The molecule has 0 atom stereocenters. The molecule has 1 fully saturated rings. The van der Waals surface area contributed by atoms with Crippen LogP contribution in [-0.4, -0.2) is 29.0 Å². The summed E-state index contributed by atoms with van der Waals surface area (Å²) in [6.07, 6.45) is 3.56. The molecule has 1 aliphatic heterocycles. The largest absolute Gasteiger partial charge is 0.508 e. The lowest BCUT2D eigenvalue weighted by molar-refractivity contribution is -0.125. The van der Waals surface area contributed by atoms with Crippen molar-refractivity contribution in [2.24, 2.45) is 0 Å². The van der Waals surface area contributed by atoms with Crippen molar-refractivity contribution in [2.45, 2.75) is 12.8 Å². The zero-order valence-electron chi connectivity index (χ0n) is 9.97. The second-order valence-corrected chi connectivity index (χ2v) is 4.26. The first-order valence-corrected chi connectivity index (χ1v) is 5.91. The zero-order valence-corrected chi connectivity index (χ0v) is 9.97. The van der Waals surface area contributed by atoms with Gasteiger partial charge in [0.15, 0.2) is 0 Å². The molecule has 0 aromatic heterocycles. The van der Waals surface area contributed by atoms with E-state index in [0.717, 1.165) is 31.5 Å². The van der Waals surface area contributed by atoms with Gasteiger partial charge < -0.3 is 10.0 Å². The predicted molar refractivity (Wildman–Crippen MR) is 67.5 cm³/mol. The Bertz CT molecular complexity index is 506. The molecule has 0 saturated carbocycles. The van der Waals surface area contributed by atoms with Crippen molar-refractivity contribution in [3.63, 3.8) is 0 Å². The highest BCUT2D eigenvalue weighted by atomic mass is 16.3. The molecule has 2 rings (SSSR count). The van der Waals surface area contributed by atoms with Crippen LogP contribution in [0.4, 0.5) is 0 Å². The Kier molecular flexibility index (Phi) is 3.63. The number of nitriles is 1. The van der Waals surface area contributed by atoms with Gasteiger partial charge in [0, 0.05) is 13.1 Å². The molecular weight excluding hydrogens is 228 g/mol. The van der Waals surface area contributed by atoms with Crippen molar-refractivity contribution in [1.82, 2.24) is 4.90 Å². The van der Waals surface area contributed by atoms with Crippen molar-refractivity contribution in [3.8, 4) is 11.8 Å². The highest BCUT2D eigenvalue weighted by Gasteiger charge is 2.21. The summed E-state index contributed by atoms with van der Waals surface area (Å²) in [5, 5.41) is 18.2. The number of hydrogen-bond donors (Lipinski definition) is 1. The van der Waals surface area contributed by atoms with Crippen LogP contribution in [0.1, 0.15) is 18.4 Å². The number of carbonyl (C=O) groups excluding carboxylic acids is 1. The van der Waals surface area contributed by atoms with Crippen LogP contribution in [0, 0.1) is 11.3 Å². The second-order valence-electron chi connectivity index (χ2n) is 4.26. The summed E-state index contributed by atoms with van der Waals surface area (Å²) >= 11 is 0. The molecule has 1 saturated heterocycles. The summed E-state index contributed by atoms with van der Waals surface area (Å²) in [5.41, 5.74) is 0.875. The summed E-state index contributed by atoms with van der Waals surface area (Å²) in [6.45, 7) is 1.46. The van der Waals surface area contributed by atoms with Gasteiger partial charge in [-0.15, -0.1) is 0 Å². The first-order valence-electron chi connectivity index (χ1n) is 5.91. The molecule has 0 unspecified atom stereocenters. The monoisotopic (exact) mass is 242 g/mol. The van der Waals surface area contributed by atoms with E-state index in [1.54, 1.807) is 23.1 Å². The van der Waals surface area contributed by atoms with Gasteiger partial charge in [0.05, 0.1) is 0 Å². The smallest absolute Gasteiger partial charge is 0.264 e. The third-order valence-corrected chi connectivity index (χ3v) is 2.95. The predicted octanol–water partition coefficient (Wildman–Crippen LogP) is 1.92. The fourth-order valence-corrected chi connectivity index (χ4v) is 1.97. The van der Waals surface area contributed by atoms with E-state index in [0.29, 0.717) is 0 Å². The minimum atomic E-state index is -0.205. The lowest BCUT2D eigenvalue weighted by Gasteiger charge is -2.13. The maximum absolute atomic E-state index is 12.0. The number of likely N-dealkylation sites (tertiary alicyclic amines) is 1. The fraction of sp³-hybridized carbons (Fsp3) is 0.286. The maximum Gasteiger partial charge on any atom is 0.264 e. The molecule has 0 spiro atoms. The highest BCUT2D eigenvalue weighted by molar-refractivity contribution is 6.01. The number of aromatic hydroxyl groups is 1. The van der Waals surface area contributed by atoms with Crippen LogP contribution in [-0.2, 0) is 4.79 Å². The first-order chi connectivity index (χ1) is 8.70. The number of hydrogen-bond acceptors (Lipinski definition) is 3. The van der Waals surface area contributed by atoms with Gasteiger partial charge in [-0.05, 0) is 36.6 Å². The van der Waals surface area contributed by atoms with Gasteiger partial charge in [-0.1, -0.05) is 12.1 Å². The Labute approximate surface area is 106 Å². The standard InChI is InChI=1S/C14H14N2O2/c15-10-12(14(18)16-7-1-2-8-16)9-11-3-5-13(17)6-4-11/h3-6,9,17H,1-2,7-8H2. The molecule has 1 N–H and O–H groups in total. The third-order valence-electron chi connectivity index (χ3n) is 2.95. The summed E-state index contributed by atoms with van der Waals surface area (Å²) in [4.78, 5) is 13.7. The quantitative estimate of drug-likeness (QED) is 0.636. The van der Waals surface area contributed by atoms with Gasteiger partial charge in [-0.25, -0.2) is 0 Å². The number of amides is 1. The molecule has 1 aromatic carbocycles. The average Bonchev–Trinajstić information content (AvgIpc) is 2.91. The molecule has 18 heavy (non-hydrogen) atoms. The lowest BCUT2D eigenvalue weighted by atomic mass is 10.1. The van der Waals surface area contributed by atoms with E-state index in [1.165, 1.54) is 12.1 Å². The Morgan fingerprint density at radius 2 is 1.89 bits per heavy atom. The molecule has 0 aliphatic carbocycles. The van der Waals surface area contributed by atoms with Crippen LogP contribution in [0.25, 0.3) is 6.08 Å². The van der Waals surface area contributed by atoms with Crippen LogP contribution >= 0.6 is 0 Å². The van der Waals surface area contributed by atoms with Crippen molar-refractivity contribution >= 4 is 12.0 Å². The Hall–Kier alpha value is -2.28. The molecule has 4 nitrogen and oxygen atoms in total. The number of nitrogens with zero attached hydrogens (tertiary/aromatic N) is 2. The molecular formula is C14H14N2O2. The average molecular weight is 242 g/mol. The second kappa shape index (κ2) is 5.37. The first kappa shape index (κ1) is 12.2. The Morgan fingerprint density at radius 3 is 2.44 bits per heavy atom. The molecule has 0 bridgehead atoms. The van der Waals surface area contributed by atoms with Crippen LogP contribution in [0.15, 0.2) is 29.8 Å². The van der Waals surface area contributed by atoms with E-state index in [2.05, 4.69) is 0 Å². The fourth-order valence-electron chi connectivity index (χ4n) is 1.97. The van der Waals surface area contributed by atoms with E-state index in [9.17, 15) is 4.79 Å². The minimum Gasteiger partial charge on any atom is -0.508 e. The van der Waals surface area contributed by atoms with Gasteiger partial charge in [0.2, 0.25) is 0 Å². The van der Waals surface area contributed by atoms with Crippen molar-refractivity contribution in [2.75, 3.05) is 13.1 Å². The van der Waals surface area contributed by atoms with Crippen molar-refractivity contribution in [1.29, 1.82) is 5.26 Å². The van der Waals surface area contributed by atoms with Gasteiger partial charge in [-0.3, -0.25) is 4.79 Å². The highest BCUT2D eigenvalue weighted by Crippen LogP contribution is 2.16. The molecule has 92 valence electrons. The molecule has 1 aromatic rings. The lowest BCUT2D eigenvalue weighted by Crippen LogP contribution is -2.28. The van der Waals surface area contributed by atoms with E-state index >= 15 is 0 Å². The maximum atomic E-state index is 12.0. The summed E-state index contributed by atoms with van der Waals surface area (Å²) in [6, 6.07) is 8.35. The minimum absolute atomic E-state index is 0.141. The third kappa shape index (κ3) is 2.69. The Morgan fingerprint density at radius 1 is 1.28 bits per heavy atom. The van der Waals surface area contributed by atoms with E-state index in [4.69, 9.17) is 10.4 Å². The molecule has 4 heteroatoms. The Balaban J connectivity index is 2.20. The van der Waals surface area contributed by atoms with E-state index in [-0.39, 0.29) is 17.2 Å². The molecule has 1 amide bonds. The molecule has 0 radical (unpaired) electrons. The number of phenols is 1. The molecule has 1 aliphatic rings. The van der Waals surface area contributed by atoms with Crippen molar-refractivity contribution < 1.29 is 9.90 Å². The zero-order chi connectivity index (χ0) is 13.0. The van der Waals surface area contributed by atoms with Gasteiger partial charge >= 0.3 is 0 Å². The number of carbonyl (C=O) groups is 1. The van der Waals surface area contributed by atoms with Crippen LogP contribution in [0.3, 0.4) is 0 Å². The van der Waals surface area contributed by atoms with E-state index < -0.39 is 0 Å². The summed E-state index contributed by atoms with van der Waals surface area (Å²) in [7, 11) is 0. The number of benzene rings is 1. The van der Waals surface area contributed by atoms with Gasteiger partial charge in [0.25, 0.3) is 5.91 Å². The van der Waals surface area contributed by atoms with E-state index in [1.807, 2.05) is 6.07 Å². The van der Waals surface area contributed by atoms with Gasteiger partial charge in [-0.2, -0.15) is 5.26 Å². The molecule has 1 heterocycles. The van der Waals surface area contributed by atoms with Crippen LogP contribution in [0.5, 0.6) is 5.75 Å². The van der Waals surface area contributed by atoms with Gasteiger partial charge in [0.1, 0.15) is 17.4 Å². The van der Waals surface area contributed by atoms with Crippen LogP contribution < -0.4 is 0 Å². The van der Waals surface area contributed by atoms with Crippen LogP contribution in [0.2, 0.25) is 0 Å². The number of phenolic OH excluding ortho intramolecular Hbond substituents is 1. The summed E-state index contributed by atoms with van der Waals surface area (Å²) < 4.78 is 0.